The van der Waals surface area contributed by atoms with Crippen LogP contribution in [-0.4, -0.2) is 10.0 Å². The average molecular weight is 244 g/mol. The molecule has 0 saturated heterocycles. The maximum Gasteiger partial charge on any atom is 0.272 e. The van der Waals surface area contributed by atoms with Crippen LogP contribution < -0.4 is 5.73 Å². The summed E-state index contributed by atoms with van der Waals surface area (Å²) in [6, 6.07) is 9.53. The lowest BCUT2D eigenvalue weighted by atomic mass is 10.0. The summed E-state index contributed by atoms with van der Waals surface area (Å²) in [5.41, 5.74) is 7.70. The van der Waals surface area contributed by atoms with Crippen molar-refractivity contribution in [3.8, 4) is 16.9 Å². The normalized spacial score (nSPS) is 10.3. The van der Waals surface area contributed by atoms with Crippen LogP contribution in [0.2, 0.25) is 0 Å². The Bertz CT molecular complexity index is 624. The van der Waals surface area contributed by atoms with Crippen LogP contribution in [0.5, 0.6) is 5.75 Å². The first-order valence-corrected chi connectivity index (χ1v) is 5.33. The van der Waals surface area contributed by atoms with Crippen LogP contribution in [-0.2, 0) is 0 Å². The van der Waals surface area contributed by atoms with Crippen molar-refractivity contribution in [2.75, 3.05) is 5.73 Å². The largest absolute Gasteiger partial charge is 0.507 e. The highest BCUT2D eigenvalue weighted by Crippen LogP contribution is 2.33. The van der Waals surface area contributed by atoms with Crippen molar-refractivity contribution < 1.29 is 10.0 Å². The molecule has 92 valence electrons. The highest BCUT2D eigenvalue weighted by molar-refractivity contribution is 5.74. The Kier molecular flexibility index (Phi) is 2.89. The number of benzene rings is 2. The molecule has 5 heteroatoms. The smallest absolute Gasteiger partial charge is 0.272 e. The number of nitrogen functional groups attached to an aromatic ring is 1. The fraction of sp³-hybridized carbons (Fsp3) is 0.0769. The van der Waals surface area contributed by atoms with E-state index in [1.165, 1.54) is 12.1 Å². The summed E-state index contributed by atoms with van der Waals surface area (Å²) >= 11 is 0. The van der Waals surface area contributed by atoms with Crippen LogP contribution in [0.4, 0.5) is 11.4 Å². The minimum absolute atomic E-state index is 0.00755. The number of nitrogens with two attached hydrogens (primary N) is 1. The molecule has 0 spiro atoms. The Hall–Kier alpha value is -2.56. The second-order valence-electron chi connectivity index (χ2n) is 4.03. The molecule has 0 bridgehead atoms. The Morgan fingerprint density at radius 1 is 1.22 bits per heavy atom. The number of hydrogen-bond donors (Lipinski definition) is 2. The van der Waals surface area contributed by atoms with Crippen molar-refractivity contribution in [1.29, 1.82) is 0 Å². The van der Waals surface area contributed by atoms with E-state index < -0.39 is 4.92 Å². The van der Waals surface area contributed by atoms with Crippen molar-refractivity contribution >= 4 is 11.4 Å². The first-order chi connectivity index (χ1) is 8.49. The molecular formula is C13H12N2O3. The molecule has 0 aromatic heterocycles. The van der Waals surface area contributed by atoms with E-state index in [1.54, 1.807) is 31.2 Å². The average Bonchev–Trinajstić information content (AvgIpc) is 2.30. The first-order valence-electron chi connectivity index (χ1n) is 5.33. The Morgan fingerprint density at radius 3 is 2.56 bits per heavy atom. The van der Waals surface area contributed by atoms with E-state index >= 15 is 0 Å². The number of nitrogens with zero attached hydrogens (tertiary/aromatic N) is 1. The van der Waals surface area contributed by atoms with Crippen LogP contribution in [0, 0.1) is 17.0 Å². The zero-order valence-corrected chi connectivity index (χ0v) is 9.75. The van der Waals surface area contributed by atoms with E-state index in [1.807, 2.05) is 0 Å². The molecular weight excluding hydrogens is 232 g/mol. The SMILES string of the molecule is Cc1ccc(-c2ccc(N)cc2O)cc1[N+](=O)[O-]. The quantitative estimate of drug-likeness (QED) is 0.483. The molecule has 2 rings (SSSR count). The second-order valence-corrected chi connectivity index (χ2v) is 4.03. The first kappa shape index (κ1) is 11.9. The van der Waals surface area contributed by atoms with Gasteiger partial charge in [0.1, 0.15) is 5.75 Å². The number of hydrogen-bond acceptors (Lipinski definition) is 4. The van der Waals surface area contributed by atoms with Gasteiger partial charge in [-0.3, -0.25) is 10.1 Å². The van der Waals surface area contributed by atoms with Crippen molar-refractivity contribution in [2.24, 2.45) is 0 Å². The number of anilines is 1. The number of aryl methyl sites for hydroxylation is 1. The molecule has 2 aromatic rings. The van der Waals surface area contributed by atoms with E-state index in [0.29, 0.717) is 22.4 Å². The van der Waals surface area contributed by atoms with Gasteiger partial charge in [-0.05, 0) is 24.6 Å². The van der Waals surface area contributed by atoms with Crippen LogP contribution in [0.25, 0.3) is 11.1 Å². The lowest BCUT2D eigenvalue weighted by Crippen LogP contribution is -1.92. The number of aromatic hydroxyl groups is 1. The molecule has 0 heterocycles. The summed E-state index contributed by atoms with van der Waals surface area (Å²) in [5, 5.41) is 20.7. The molecule has 0 aliphatic heterocycles. The van der Waals surface area contributed by atoms with Gasteiger partial charge in [0.05, 0.1) is 4.92 Å². The fourth-order valence-electron chi connectivity index (χ4n) is 1.77. The monoisotopic (exact) mass is 244 g/mol. The highest BCUT2D eigenvalue weighted by Gasteiger charge is 2.13. The van der Waals surface area contributed by atoms with Crippen LogP contribution >= 0.6 is 0 Å². The van der Waals surface area contributed by atoms with Gasteiger partial charge in [0.2, 0.25) is 0 Å². The third-order valence-electron chi connectivity index (χ3n) is 2.74. The molecule has 0 unspecified atom stereocenters. The predicted octanol–water partition coefficient (Wildman–Crippen LogP) is 2.86. The molecule has 0 amide bonds. The van der Waals surface area contributed by atoms with Crippen LogP contribution in [0.15, 0.2) is 36.4 Å². The predicted molar refractivity (Wildman–Crippen MR) is 69.3 cm³/mol. The number of phenolic OH excluding ortho intramolecular Hbond substituents is 1. The van der Waals surface area contributed by atoms with Gasteiger partial charge in [-0.25, -0.2) is 0 Å². The number of phenols is 1. The van der Waals surface area contributed by atoms with Gasteiger partial charge in [0.25, 0.3) is 5.69 Å². The van der Waals surface area contributed by atoms with Gasteiger partial charge >= 0.3 is 0 Å². The number of rotatable bonds is 2. The fourth-order valence-corrected chi connectivity index (χ4v) is 1.77. The standard InChI is InChI=1S/C13H12N2O3/c1-8-2-3-9(6-12(8)15(17)18)11-5-4-10(14)7-13(11)16/h2-7,16H,14H2,1H3. The summed E-state index contributed by atoms with van der Waals surface area (Å²) in [6.45, 7) is 1.67. The lowest BCUT2D eigenvalue weighted by molar-refractivity contribution is -0.385. The molecule has 0 atom stereocenters. The van der Waals surface area contributed by atoms with E-state index in [9.17, 15) is 15.2 Å². The van der Waals surface area contributed by atoms with Gasteiger partial charge in [-0.1, -0.05) is 12.1 Å². The van der Waals surface area contributed by atoms with Crippen molar-refractivity contribution in [3.63, 3.8) is 0 Å². The summed E-state index contributed by atoms with van der Waals surface area (Å²) in [6.07, 6.45) is 0. The third kappa shape index (κ3) is 2.10. The summed E-state index contributed by atoms with van der Waals surface area (Å²) < 4.78 is 0. The highest BCUT2D eigenvalue weighted by atomic mass is 16.6. The maximum atomic E-state index is 10.9. The molecule has 2 aromatic carbocycles. The third-order valence-corrected chi connectivity index (χ3v) is 2.74. The van der Waals surface area contributed by atoms with Crippen LogP contribution in [0.1, 0.15) is 5.56 Å². The van der Waals surface area contributed by atoms with E-state index in [0.717, 1.165) is 0 Å². The second kappa shape index (κ2) is 4.37. The van der Waals surface area contributed by atoms with Gasteiger partial charge < -0.3 is 10.8 Å². The summed E-state index contributed by atoms with van der Waals surface area (Å²) in [7, 11) is 0. The molecule has 0 aliphatic rings. The van der Waals surface area contributed by atoms with E-state index in [-0.39, 0.29) is 11.4 Å². The molecule has 5 nitrogen and oxygen atoms in total. The zero-order chi connectivity index (χ0) is 13.3. The van der Waals surface area contributed by atoms with Gasteiger partial charge in [0.15, 0.2) is 0 Å². The van der Waals surface area contributed by atoms with Crippen molar-refractivity contribution in [1.82, 2.24) is 0 Å². The van der Waals surface area contributed by atoms with Crippen molar-refractivity contribution in [3.05, 3.63) is 52.1 Å². The van der Waals surface area contributed by atoms with Gasteiger partial charge in [-0.15, -0.1) is 0 Å². The topological polar surface area (TPSA) is 89.4 Å². The minimum atomic E-state index is -0.437. The van der Waals surface area contributed by atoms with Gasteiger partial charge in [0, 0.05) is 28.9 Å². The zero-order valence-electron chi connectivity index (χ0n) is 9.75. The van der Waals surface area contributed by atoms with Crippen molar-refractivity contribution in [2.45, 2.75) is 6.92 Å². The van der Waals surface area contributed by atoms with Gasteiger partial charge in [-0.2, -0.15) is 0 Å². The molecule has 0 saturated carbocycles. The molecule has 0 fully saturated rings. The number of nitro groups is 1. The molecule has 0 aliphatic carbocycles. The van der Waals surface area contributed by atoms with Crippen LogP contribution in [0.3, 0.4) is 0 Å². The number of nitro benzene ring substituents is 1. The maximum absolute atomic E-state index is 10.9. The molecule has 3 N–H and O–H groups in total. The van der Waals surface area contributed by atoms with E-state index in [4.69, 9.17) is 5.73 Å². The Morgan fingerprint density at radius 2 is 1.94 bits per heavy atom. The lowest BCUT2D eigenvalue weighted by Gasteiger charge is -2.06. The summed E-state index contributed by atoms with van der Waals surface area (Å²) in [4.78, 5) is 10.4. The van der Waals surface area contributed by atoms with E-state index in [2.05, 4.69) is 0 Å². The Labute approximate surface area is 104 Å². The molecule has 0 radical (unpaired) electrons. The summed E-state index contributed by atoms with van der Waals surface area (Å²) in [5.74, 6) is 0.00755. The minimum Gasteiger partial charge on any atom is -0.507 e. The molecule has 18 heavy (non-hydrogen) atoms. The Balaban J connectivity index is 2.58.